The zero-order chi connectivity index (χ0) is 17.3. The number of hydrogen-bond donors (Lipinski definition) is 1. The van der Waals surface area contributed by atoms with Gasteiger partial charge >= 0.3 is 6.09 Å². The number of ether oxygens (including phenoxy) is 1. The quantitative estimate of drug-likeness (QED) is 0.754. The van der Waals surface area contributed by atoms with E-state index in [1.165, 1.54) is 0 Å². The molecule has 1 aliphatic carbocycles. The number of rotatable bonds is 6. The van der Waals surface area contributed by atoms with Crippen molar-refractivity contribution in [2.24, 2.45) is 0 Å². The highest BCUT2D eigenvalue weighted by atomic mass is 16.6. The van der Waals surface area contributed by atoms with Crippen molar-refractivity contribution in [1.82, 2.24) is 15.1 Å². The topological polar surface area (TPSA) is 61.9 Å². The molecule has 2 aliphatic heterocycles. The maximum absolute atomic E-state index is 12.3. The van der Waals surface area contributed by atoms with Crippen molar-refractivity contribution in [2.75, 3.05) is 19.6 Å². The van der Waals surface area contributed by atoms with Crippen molar-refractivity contribution in [2.45, 2.75) is 83.0 Å². The molecule has 2 atom stereocenters. The summed E-state index contributed by atoms with van der Waals surface area (Å²) >= 11 is 0. The lowest BCUT2D eigenvalue weighted by Gasteiger charge is -2.28. The van der Waals surface area contributed by atoms with Crippen LogP contribution in [-0.2, 0) is 9.53 Å². The summed E-state index contributed by atoms with van der Waals surface area (Å²) < 4.78 is 5.52. The fourth-order valence-corrected chi connectivity index (χ4v) is 3.84. The molecule has 3 aliphatic rings. The van der Waals surface area contributed by atoms with Gasteiger partial charge in [0.15, 0.2) is 0 Å². The van der Waals surface area contributed by atoms with E-state index in [-0.39, 0.29) is 12.1 Å². The lowest BCUT2D eigenvalue weighted by molar-refractivity contribution is -0.127. The molecule has 0 bridgehead atoms. The van der Waals surface area contributed by atoms with Gasteiger partial charge in [-0.2, -0.15) is 0 Å². The van der Waals surface area contributed by atoms with E-state index in [1.807, 2.05) is 30.6 Å². The molecule has 0 aromatic rings. The molecule has 3 fully saturated rings. The summed E-state index contributed by atoms with van der Waals surface area (Å²) in [6, 6.07) is 1.04. The Morgan fingerprint density at radius 3 is 2.75 bits per heavy atom. The molecule has 1 saturated carbocycles. The van der Waals surface area contributed by atoms with Crippen molar-refractivity contribution in [3.8, 4) is 0 Å². The summed E-state index contributed by atoms with van der Waals surface area (Å²) in [6.07, 6.45) is 5.75. The molecule has 1 N–H and O–H groups in total. The van der Waals surface area contributed by atoms with Crippen LogP contribution < -0.4 is 5.32 Å². The first-order valence-corrected chi connectivity index (χ1v) is 9.37. The molecule has 0 radical (unpaired) electrons. The van der Waals surface area contributed by atoms with E-state index >= 15 is 0 Å². The molecule has 6 nitrogen and oxygen atoms in total. The van der Waals surface area contributed by atoms with Crippen LogP contribution in [0.5, 0.6) is 0 Å². The lowest BCUT2D eigenvalue weighted by Crippen LogP contribution is -2.42. The van der Waals surface area contributed by atoms with Gasteiger partial charge in [-0.15, -0.1) is 0 Å². The fourth-order valence-electron chi connectivity index (χ4n) is 3.84. The Bertz CT molecular complexity index is 484. The predicted molar refractivity (Wildman–Crippen MR) is 91.7 cm³/mol. The van der Waals surface area contributed by atoms with Gasteiger partial charge in [-0.1, -0.05) is 0 Å². The Kier molecular flexibility index (Phi) is 5.04. The van der Waals surface area contributed by atoms with Crippen molar-refractivity contribution >= 4 is 12.0 Å². The number of nitrogens with one attached hydrogen (secondary N) is 1. The largest absolute Gasteiger partial charge is 0.444 e. The first-order valence-electron chi connectivity index (χ1n) is 9.37. The number of fused-ring (bicyclic) bond motifs is 1. The van der Waals surface area contributed by atoms with E-state index in [1.54, 1.807) is 0 Å². The highest BCUT2D eigenvalue weighted by Gasteiger charge is 2.42. The van der Waals surface area contributed by atoms with Crippen LogP contribution in [0.4, 0.5) is 4.79 Å². The molecule has 2 unspecified atom stereocenters. The predicted octanol–water partition coefficient (Wildman–Crippen LogP) is 2.13. The van der Waals surface area contributed by atoms with Gasteiger partial charge in [0, 0.05) is 37.6 Å². The van der Waals surface area contributed by atoms with E-state index in [0.717, 1.165) is 51.7 Å². The van der Waals surface area contributed by atoms with Crippen LogP contribution in [0.2, 0.25) is 0 Å². The van der Waals surface area contributed by atoms with Crippen LogP contribution in [0.25, 0.3) is 0 Å². The normalized spacial score (nSPS) is 26.6. The highest BCUT2D eigenvalue weighted by molar-refractivity contribution is 5.80. The van der Waals surface area contributed by atoms with Gasteiger partial charge in [-0.3, -0.25) is 4.79 Å². The Balaban J connectivity index is 1.41. The number of hydrogen-bond acceptors (Lipinski definition) is 4. The minimum absolute atomic E-state index is 0.192. The molecule has 2 amide bonds. The Hall–Kier alpha value is -1.30. The van der Waals surface area contributed by atoms with E-state index < -0.39 is 5.60 Å². The molecule has 2 saturated heterocycles. The summed E-state index contributed by atoms with van der Waals surface area (Å²) in [5.41, 5.74) is -0.446. The van der Waals surface area contributed by atoms with Gasteiger partial charge in [-0.25, -0.2) is 4.79 Å². The molecule has 0 spiro atoms. The summed E-state index contributed by atoms with van der Waals surface area (Å²) in [5, 5.41) is 3.54. The van der Waals surface area contributed by atoms with E-state index in [9.17, 15) is 9.59 Å². The second-order valence-corrected chi connectivity index (χ2v) is 8.32. The second-order valence-electron chi connectivity index (χ2n) is 8.32. The molecule has 0 aromatic carbocycles. The standard InChI is InChI=1S/C18H31N3O3/c1-18(2,3)24-17(23)20(13-7-8-13)11-5-9-19-14-12-16(22)21-10-4-6-15(14)21/h13-15,19H,4-12H2,1-3H3. The number of carbonyl (C=O) groups is 2. The molecule has 3 rings (SSSR count). The monoisotopic (exact) mass is 337 g/mol. The SMILES string of the molecule is CC(C)(C)OC(=O)N(CCCNC1CC(=O)N2CCCC12)C1CC1. The van der Waals surface area contributed by atoms with E-state index in [4.69, 9.17) is 4.74 Å². The second kappa shape index (κ2) is 6.90. The number of nitrogens with zero attached hydrogens (tertiary/aromatic N) is 2. The maximum atomic E-state index is 12.3. The summed E-state index contributed by atoms with van der Waals surface area (Å²) in [6.45, 7) is 8.21. The smallest absolute Gasteiger partial charge is 0.410 e. The van der Waals surface area contributed by atoms with E-state index in [0.29, 0.717) is 24.4 Å². The van der Waals surface area contributed by atoms with Crippen LogP contribution in [0.1, 0.15) is 59.3 Å². The average Bonchev–Trinajstić information content (AvgIpc) is 3.09. The molecule has 24 heavy (non-hydrogen) atoms. The first-order chi connectivity index (χ1) is 11.3. The van der Waals surface area contributed by atoms with Crippen LogP contribution in [0, 0.1) is 0 Å². The van der Waals surface area contributed by atoms with Crippen molar-refractivity contribution in [1.29, 1.82) is 0 Å². The van der Waals surface area contributed by atoms with Crippen molar-refractivity contribution < 1.29 is 14.3 Å². The van der Waals surface area contributed by atoms with Crippen LogP contribution in [0.15, 0.2) is 0 Å². The number of amides is 2. The van der Waals surface area contributed by atoms with Gasteiger partial charge in [0.1, 0.15) is 5.60 Å². The zero-order valence-corrected chi connectivity index (χ0v) is 15.2. The molecular weight excluding hydrogens is 306 g/mol. The van der Waals surface area contributed by atoms with Crippen LogP contribution in [0.3, 0.4) is 0 Å². The van der Waals surface area contributed by atoms with Crippen molar-refractivity contribution in [3.63, 3.8) is 0 Å². The van der Waals surface area contributed by atoms with E-state index in [2.05, 4.69) is 5.32 Å². The lowest BCUT2D eigenvalue weighted by atomic mass is 10.1. The van der Waals surface area contributed by atoms with Gasteiger partial charge in [0.2, 0.25) is 5.91 Å². The molecule has 6 heteroatoms. The van der Waals surface area contributed by atoms with Crippen LogP contribution >= 0.6 is 0 Å². The molecule has 0 aromatic heterocycles. The Morgan fingerprint density at radius 1 is 1.33 bits per heavy atom. The third kappa shape index (κ3) is 4.21. The summed E-state index contributed by atoms with van der Waals surface area (Å²) in [5.74, 6) is 0.295. The third-order valence-corrected chi connectivity index (χ3v) is 5.08. The maximum Gasteiger partial charge on any atom is 0.410 e. The summed E-state index contributed by atoms with van der Waals surface area (Å²) in [7, 11) is 0. The first kappa shape index (κ1) is 17.5. The fraction of sp³-hybridized carbons (Fsp3) is 0.889. The molecule has 2 heterocycles. The van der Waals surface area contributed by atoms with Gasteiger partial charge < -0.3 is 19.9 Å². The minimum Gasteiger partial charge on any atom is -0.444 e. The number of carbonyl (C=O) groups excluding carboxylic acids is 2. The third-order valence-electron chi connectivity index (χ3n) is 5.08. The Morgan fingerprint density at radius 2 is 2.08 bits per heavy atom. The van der Waals surface area contributed by atoms with Gasteiger partial charge in [0.05, 0.1) is 0 Å². The zero-order valence-electron chi connectivity index (χ0n) is 15.2. The molecule has 136 valence electrons. The summed E-state index contributed by atoms with van der Waals surface area (Å²) in [4.78, 5) is 28.2. The minimum atomic E-state index is -0.446. The van der Waals surface area contributed by atoms with Gasteiger partial charge in [0.25, 0.3) is 0 Å². The van der Waals surface area contributed by atoms with Gasteiger partial charge in [-0.05, 0) is 59.4 Å². The van der Waals surface area contributed by atoms with Crippen molar-refractivity contribution in [3.05, 3.63) is 0 Å². The Labute approximate surface area is 144 Å². The highest BCUT2D eigenvalue weighted by Crippen LogP contribution is 2.30. The molecular formula is C18H31N3O3. The van der Waals surface area contributed by atoms with Crippen LogP contribution in [-0.4, -0.2) is 65.2 Å². The average molecular weight is 337 g/mol.